The van der Waals surface area contributed by atoms with Gasteiger partial charge in [0.25, 0.3) is 0 Å². The van der Waals surface area contributed by atoms with Gasteiger partial charge in [-0.2, -0.15) is 5.10 Å². The fourth-order valence-electron chi connectivity index (χ4n) is 2.64. The van der Waals surface area contributed by atoms with E-state index in [0.717, 1.165) is 22.1 Å². The van der Waals surface area contributed by atoms with E-state index < -0.39 is 0 Å². The molecule has 5 heteroatoms. The van der Waals surface area contributed by atoms with Gasteiger partial charge in [-0.05, 0) is 47.1 Å². The summed E-state index contributed by atoms with van der Waals surface area (Å²) in [7, 11) is 3.96. The van der Waals surface area contributed by atoms with Crippen LogP contribution in [0.1, 0.15) is 17.3 Å². The Morgan fingerprint density at radius 2 is 2.10 bits per heavy atom. The maximum absolute atomic E-state index is 4.70. The highest BCUT2D eigenvalue weighted by Gasteiger charge is 2.18. The number of likely N-dealkylation sites (N-methyl/N-ethyl adjacent to an activating group) is 1. The lowest BCUT2D eigenvalue weighted by atomic mass is 10.0. The summed E-state index contributed by atoms with van der Waals surface area (Å²) >= 11 is 3.47. The number of nitrogens with one attached hydrogen (secondary N) is 1. The van der Waals surface area contributed by atoms with Crippen LogP contribution in [0.4, 0.5) is 0 Å². The SMILES string of the molecule is CNC(Cc1cncc(Br)c1)c1nn(C)c2ccccc12. The van der Waals surface area contributed by atoms with Crippen LogP contribution in [-0.4, -0.2) is 21.8 Å². The van der Waals surface area contributed by atoms with Crippen LogP contribution in [0.15, 0.2) is 47.2 Å². The van der Waals surface area contributed by atoms with Gasteiger partial charge in [0.05, 0.1) is 17.3 Å². The number of aryl methyl sites for hydroxylation is 1. The van der Waals surface area contributed by atoms with E-state index >= 15 is 0 Å². The Balaban J connectivity index is 1.99. The van der Waals surface area contributed by atoms with Gasteiger partial charge in [-0.3, -0.25) is 9.67 Å². The van der Waals surface area contributed by atoms with Crippen molar-refractivity contribution in [1.82, 2.24) is 20.1 Å². The van der Waals surface area contributed by atoms with Crippen molar-refractivity contribution in [2.45, 2.75) is 12.5 Å². The Morgan fingerprint density at radius 3 is 2.86 bits per heavy atom. The van der Waals surface area contributed by atoms with Gasteiger partial charge >= 0.3 is 0 Å². The van der Waals surface area contributed by atoms with E-state index in [0.29, 0.717) is 0 Å². The molecule has 0 bridgehead atoms. The number of para-hydroxylation sites is 1. The van der Waals surface area contributed by atoms with Crippen LogP contribution in [0.25, 0.3) is 10.9 Å². The zero-order valence-electron chi connectivity index (χ0n) is 12.0. The summed E-state index contributed by atoms with van der Waals surface area (Å²) in [6.45, 7) is 0. The summed E-state index contributed by atoms with van der Waals surface area (Å²) in [4.78, 5) is 4.23. The molecule has 3 rings (SSSR count). The molecule has 21 heavy (non-hydrogen) atoms. The van der Waals surface area contributed by atoms with E-state index in [1.54, 1.807) is 6.20 Å². The third-order valence-electron chi connectivity index (χ3n) is 3.67. The predicted octanol–water partition coefficient (Wildman–Crippen LogP) is 3.23. The number of aromatic nitrogens is 3. The summed E-state index contributed by atoms with van der Waals surface area (Å²) in [6.07, 6.45) is 4.55. The Labute approximate surface area is 132 Å². The van der Waals surface area contributed by atoms with Crippen LogP contribution < -0.4 is 5.32 Å². The summed E-state index contributed by atoms with van der Waals surface area (Å²) in [5, 5.41) is 9.27. The molecule has 0 aliphatic heterocycles. The first-order chi connectivity index (χ1) is 10.2. The Kier molecular flexibility index (Phi) is 4.03. The van der Waals surface area contributed by atoms with E-state index in [4.69, 9.17) is 5.10 Å². The molecule has 2 heterocycles. The van der Waals surface area contributed by atoms with Gasteiger partial charge in [0.1, 0.15) is 0 Å². The van der Waals surface area contributed by atoms with Gasteiger partial charge in [0.2, 0.25) is 0 Å². The average molecular weight is 345 g/mol. The number of rotatable bonds is 4. The molecule has 2 aromatic heterocycles. The van der Waals surface area contributed by atoms with Crippen molar-refractivity contribution in [1.29, 1.82) is 0 Å². The van der Waals surface area contributed by atoms with Gasteiger partial charge in [0, 0.05) is 29.3 Å². The lowest BCUT2D eigenvalue weighted by molar-refractivity contribution is 0.566. The fraction of sp³-hybridized carbons (Fsp3) is 0.250. The van der Waals surface area contributed by atoms with Crippen LogP contribution in [0.3, 0.4) is 0 Å². The molecule has 0 saturated heterocycles. The van der Waals surface area contributed by atoms with Crippen LogP contribution in [-0.2, 0) is 13.5 Å². The number of hydrogen-bond acceptors (Lipinski definition) is 3. The standard InChI is InChI=1S/C16H17BrN4/c1-18-14(8-11-7-12(17)10-19-9-11)16-13-5-3-4-6-15(13)21(2)20-16/h3-7,9-10,14,18H,8H2,1-2H3. The number of fused-ring (bicyclic) bond motifs is 1. The molecule has 1 aromatic carbocycles. The number of pyridine rings is 1. The average Bonchev–Trinajstić information content (AvgIpc) is 2.83. The van der Waals surface area contributed by atoms with Crippen molar-refractivity contribution >= 4 is 26.8 Å². The molecule has 0 fully saturated rings. The first kappa shape index (κ1) is 14.2. The molecule has 0 spiro atoms. The van der Waals surface area contributed by atoms with E-state index in [-0.39, 0.29) is 6.04 Å². The van der Waals surface area contributed by atoms with Crippen molar-refractivity contribution < 1.29 is 0 Å². The van der Waals surface area contributed by atoms with Crippen LogP contribution in [0.5, 0.6) is 0 Å². The molecular formula is C16H17BrN4. The first-order valence-corrected chi connectivity index (χ1v) is 7.66. The van der Waals surface area contributed by atoms with Crippen LogP contribution in [0, 0.1) is 0 Å². The third kappa shape index (κ3) is 2.84. The Hall–Kier alpha value is -1.72. The van der Waals surface area contributed by atoms with Crippen molar-refractivity contribution in [2.75, 3.05) is 7.05 Å². The molecule has 0 saturated carbocycles. The highest BCUT2D eigenvalue weighted by Crippen LogP contribution is 2.26. The number of halogens is 1. The number of hydrogen-bond donors (Lipinski definition) is 1. The Morgan fingerprint density at radius 1 is 1.29 bits per heavy atom. The maximum Gasteiger partial charge on any atom is 0.0875 e. The van der Waals surface area contributed by atoms with Crippen molar-refractivity contribution in [3.8, 4) is 0 Å². The van der Waals surface area contributed by atoms with Crippen LogP contribution >= 0.6 is 15.9 Å². The molecule has 0 amide bonds. The predicted molar refractivity (Wildman–Crippen MR) is 88.2 cm³/mol. The summed E-state index contributed by atoms with van der Waals surface area (Å²) < 4.78 is 2.94. The molecule has 108 valence electrons. The molecular weight excluding hydrogens is 328 g/mol. The van der Waals surface area contributed by atoms with Crippen molar-refractivity contribution in [2.24, 2.45) is 7.05 Å². The highest BCUT2D eigenvalue weighted by atomic mass is 79.9. The molecule has 1 N–H and O–H groups in total. The number of benzene rings is 1. The van der Waals surface area contributed by atoms with E-state index in [1.165, 1.54) is 10.9 Å². The topological polar surface area (TPSA) is 42.7 Å². The van der Waals surface area contributed by atoms with E-state index in [2.05, 4.69) is 50.5 Å². The number of nitrogens with zero attached hydrogens (tertiary/aromatic N) is 3. The lowest BCUT2D eigenvalue weighted by Gasteiger charge is -2.14. The molecule has 0 radical (unpaired) electrons. The van der Waals surface area contributed by atoms with Crippen molar-refractivity contribution in [3.63, 3.8) is 0 Å². The normalized spacial score (nSPS) is 12.7. The van der Waals surface area contributed by atoms with Crippen molar-refractivity contribution in [3.05, 3.63) is 58.5 Å². The second kappa shape index (κ2) is 5.95. The smallest absolute Gasteiger partial charge is 0.0875 e. The van der Waals surface area contributed by atoms with Crippen LogP contribution in [0.2, 0.25) is 0 Å². The van der Waals surface area contributed by atoms with Gasteiger partial charge < -0.3 is 5.32 Å². The minimum absolute atomic E-state index is 0.159. The lowest BCUT2D eigenvalue weighted by Crippen LogP contribution is -2.20. The zero-order chi connectivity index (χ0) is 14.8. The molecule has 0 aliphatic carbocycles. The van der Waals surface area contributed by atoms with Gasteiger partial charge in [-0.25, -0.2) is 0 Å². The van der Waals surface area contributed by atoms with Gasteiger partial charge in [0.15, 0.2) is 0 Å². The molecule has 0 aliphatic rings. The van der Waals surface area contributed by atoms with E-state index in [1.807, 2.05) is 31.0 Å². The maximum atomic E-state index is 4.70. The zero-order valence-corrected chi connectivity index (χ0v) is 13.6. The summed E-state index contributed by atoms with van der Waals surface area (Å²) in [5.41, 5.74) is 3.41. The second-order valence-corrected chi connectivity index (χ2v) is 6.00. The second-order valence-electron chi connectivity index (χ2n) is 5.08. The first-order valence-electron chi connectivity index (χ1n) is 6.87. The monoisotopic (exact) mass is 344 g/mol. The largest absolute Gasteiger partial charge is 0.311 e. The quantitative estimate of drug-likeness (QED) is 0.790. The molecule has 3 aromatic rings. The third-order valence-corrected chi connectivity index (χ3v) is 4.10. The minimum atomic E-state index is 0.159. The summed E-state index contributed by atoms with van der Waals surface area (Å²) in [6, 6.07) is 10.6. The fourth-order valence-corrected chi connectivity index (χ4v) is 3.05. The van der Waals surface area contributed by atoms with Gasteiger partial charge in [-0.15, -0.1) is 0 Å². The highest BCUT2D eigenvalue weighted by molar-refractivity contribution is 9.10. The minimum Gasteiger partial charge on any atom is -0.311 e. The molecule has 1 atom stereocenters. The molecule has 1 unspecified atom stereocenters. The van der Waals surface area contributed by atoms with Gasteiger partial charge in [-0.1, -0.05) is 18.2 Å². The molecule has 4 nitrogen and oxygen atoms in total. The Bertz CT molecular complexity index is 766. The summed E-state index contributed by atoms with van der Waals surface area (Å²) in [5.74, 6) is 0. The van der Waals surface area contributed by atoms with E-state index in [9.17, 15) is 0 Å².